The average Bonchev–Trinajstić information content (AvgIpc) is 3.23. The average molecular weight is 352 g/mol. The van der Waals surface area contributed by atoms with Gasteiger partial charge in [0.2, 0.25) is 12.7 Å². The minimum absolute atomic E-state index is 0.00455. The summed E-state index contributed by atoms with van der Waals surface area (Å²) in [5.74, 6) is 1.34. The molecule has 2 aliphatic rings. The Morgan fingerprint density at radius 1 is 1.08 bits per heavy atom. The number of rotatable bonds is 4. The number of carbonyl (C=O) groups is 2. The smallest absolute Gasteiger partial charge is 0.279 e. The fourth-order valence-corrected chi connectivity index (χ4v) is 2.88. The molecule has 2 heterocycles. The van der Waals surface area contributed by atoms with Crippen LogP contribution in [0.4, 0.5) is 5.69 Å². The third-order valence-electron chi connectivity index (χ3n) is 4.24. The number of hydrogen-bond acceptors (Lipinski definition) is 6. The molecule has 2 aromatic rings. The molecule has 0 saturated carbocycles. The van der Waals surface area contributed by atoms with Crippen LogP contribution >= 0.6 is 0 Å². The first-order valence-electron chi connectivity index (χ1n) is 8.09. The second-order valence-corrected chi connectivity index (χ2v) is 5.86. The SMILES string of the molecule is COc1ccc(N2C(=O)CC(=NCc3ccc4c(c3)OCO4)C2=O)cc1. The van der Waals surface area contributed by atoms with Gasteiger partial charge in [-0.25, -0.2) is 4.90 Å². The number of fused-ring (bicyclic) bond motifs is 1. The summed E-state index contributed by atoms with van der Waals surface area (Å²) in [5, 5.41) is 0. The van der Waals surface area contributed by atoms with E-state index in [0.29, 0.717) is 29.5 Å². The van der Waals surface area contributed by atoms with Crippen LogP contribution in [0.2, 0.25) is 0 Å². The van der Waals surface area contributed by atoms with Gasteiger partial charge in [-0.1, -0.05) is 6.07 Å². The summed E-state index contributed by atoms with van der Waals surface area (Å²) in [6.07, 6.45) is -0.00455. The Morgan fingerprint density at radius 2 is 1.85 bits per heavy atom. The van der Waals surface area contributed by atoms with Gasteiger partial charge < -0.3 is 14.2 Å². The zero-order valence-electron chi connectivity index (χ0n) is 14.1. The number of hydrogen-bond donors (Lipinski definition) is 0. The predicted molar refractivity (Wildman–Crippen MR) is 93.8 cm³/mol. The first kappa shape index (κ1) is 16.1. The van der Waals surface area contributed by atoms with Crippen molar-refractivity contribution in [3.63, 3.8) is 0 Å². The number of methoxy groups -OCH3 is 1. The lowest BCUT2D eigenvalue weighted by Gasteiger charge is -2.13. The molecule has 2 aromatic carbocycles. The van der Waals surface area contributed by atoms with Gasteiger partial charge in [0.1, 0.15) is 11.5 Å². The Hall–Kier alpha value is -3.35. The summed E-state index contributed by atoms with van der Waals surface area (Å²) in [4.78, 5) is 30.3. The van der Waals surface area contributed by atoms with E-state index in [1.54, 1.807) is 31.4 Å². The minimum Gasteiger partial charge on any atom is -0.497 e. The number of imide groups is 1. The third kappa shape index (κ3) is 2.88. The van der Waals surface area contributed by atoms with E-state index >= 15 is 0 Å². The second kappa shape index (κ2) is 6.51. The van der Waals surface area contributed by atoms with Crippen molar-refractivity contribution in [1.82, 2.24) is 0 Å². The number of nitrogens with zero attached hydrogens (tertiary/aromatic N) is 2. The van der Waals surface area contributed by atoms with Gasteiger partial charge in [0.05, 0.1) is 25.8 Å². The van der Waals surface area contributed by atoms with Gasteiger partial charge in [-0.3, -0.25) is 14.6 Å². The molecule has 26 heavy (non-hydrogen) atoms. The standard InChI is InChI=1S/C19H16N2O5/c1-24-14-5-3-13(4-6-14)21-18(22)9-15(19(21)23)20-10-12-2-7-16-17(8-12)26-11-25-16/h2-8H,9-11H2,1H3. The van der Waals surface area contributed by atoms with E-state index in [1.807, 2.05) is 18.2 Å². The molecule has 1 saturated heterocycles. The van der Waals surface area contributed by atoms with E-state index in [0.717, 1.165) is 10.5 Å². The number of benzene rings is 2. The fourth-order valence-electron chi connectivity index (χ4n) is 2.88. The Morgan fingerprint density at radius 3 is 2.62 bits per heavy atom. The summed E-state index contributed by atoms with van der Waals surface area (Å²) in [7, 11) is 1.56. The molecule has 0 aliphatic carbocycles. The number of amides is 2. The van der Waals surface area contributed by atoms with Crippen LogP contribution in [-0.2, 0) is 16.1 Å². The first-order chi connectivity index (χ1) is 12.7. The van der Waals surface area contributed by atoms with E-state index < -0.39 is 0 Å². The van der Waals surface area contributed by atoms with E-state index in [4.69, 9.17) is 14.2 Å². The third-order valence-corrected chi connectivity index (χ3v) is 4.24. The van der Waals surface area contributed by atoms with Crippen LogP contribution < -0.4 is 19.1 Å². The van der Waals surface area contributed by atoms with Crippen LogP contribution in [0.25, 0.3) is 0 Å². The van der Waals surface area contributed by atoms with E-state index in [9.17, 15) is 9.59 Å². The Bertz CT molecular complexity index is 905. The molecule has 7 heteroatoms. The Labute approximate surface area is 149 Å². The molecule has 1 fully saturated rings. The Kier molecular flexibility index (Phi) is 4.04. The van der Waals surface area contributed by atoms with Gasteiger partial charge in [-0.05, 0) is 42.0 Å². The van der Waals surface area contributed by atoms with Crippen molar-refractivity contribution in [3.8, 4) is 17.2 Å². The lowest BCUT2D eigenvalue weighted by Crippen LogP contribution is -2.30. The zero-order chi connectivity index (χ0) is 18.1. The largest absolute Gasteiger partial charge is 0.497 e. The van der Waals surface area contributed by atoms with Crippen LogP contribution in [0.3, 0.4) is 0 Å². The summed E-state index contributed by atoms with van der Waals surface area (Å²) in [5.41, 5.74) is 1.64. The molecule has 0 aromatic heterocycles. The van der Waals surface area contributed by atoms with E-state index in [-0.39, 0.29) is 30.7 Å². The molecule has 0 radical (unpaired) electrons. The van der Waals surface area contributed by atoms with Gasteiger partial charge >= 0.3 is 0 Å². The van der Waals surface area contributed by atoms with Crippen molar-refractivity contribution < 1.29 is 23.8 Å². The normalized spacial score (nSPS) is 17.3. The number of ether oxygens (including phenoxy) is 3. The molecule has 0 unspecified atom stereocenters. The maximum atomic E-state index is 12.6. The molecule has 0 bridgehead atoms. The molecular formula is C19H16N2O5. The van der Waals surface area contributed by atoms with E-state index in [1.165, 1.54) is 0 Å². The van der Waals surface area contributed by atoms with Gasteiger partial charge in [-0.2, -0.15) is 0 Å². The molecule has 2 aliphatic heterocycles. The van der Waals surface area contributed by atoms with E-state index in [2.05, 4.69) is 4.99 Å². The zero-order valence-corrected chi connectivity index (χ0v) is 14.1. The molecular weight excluding hydrogens is 336 g/mol. The van der Waals surface area contributed by atoms with Gasteiger partial charge in [0.25, 0.3) is 5.91 Å². The topological polar surface area (TPSA) is 77.4 Å². The van der Waals surface area contributed by atoms with Crippen molar-refractivity contribution in [2.75, 3.05) is 18.8 Å². The van der Waals surface area contributed by atoms with Crippen molar-refractivity contribution in [3.05, 3.63) is 48.0 Å². The highest BCUT2D eigenvalue weighted by Crippen LogP contribution is 2.32. The monoisotopic (exact) mass is 352 g/mol. The maximum absolute atomic E-state index is 12.6. The van der Waals surface area contributed by atoms with Crippen LogP contribution in [0, 0.1) is 0 Å². The van der Waals surface area contributed by atoms with Crippen LogP contribution in [-0.4, -0.2) is 31.4 Å². The summed E-state index contributed by atoms with van der Waals surface area (Å²) in [6, 6.07) is 12.3. The Balaban J connectivity index is 1.51. The predicted octanol–water partition coefficient (Wildman–Crippen LogP) is 2.33. The second-order valence-electron chi connectivity index (χ2n) is 5.86. The van der Waals surface area contributed by atoms with Crippen molar-refractivity contribution >= 4 is 23.2 Å². The minimum atomic E-state index is -0.388. The molecule has 2 amide bonds. The lowest BCUT2D eigenvalue weighted by atomic mass is 10.2. The first-order valence-corrected chi connectivity index (χ1v) is 8.09. The molecule has 0 atom stereocenters. The van der Waals surface area contributed by atoms with Crippen LogP contribution in [0.5, 0.6) is 17.2 Å². The van der Waals surface area contributed by atoms with Crippen LogP contribution in [0.15, 0.2) is 47.5 Å². The van der Waals surface area contributed by atoms with Crippen LogP contribution in [0.1, 0.15) is 12.0 Å². The van der Waals surface area contributed by atoms with Crippen molar-refractivity contribution in [2.24, 2.45) is 4.99 Å². The summed E-state index contributed by atoms with van der Waals surface area (Å²) in [6.45, 7) is 0.499. The quantitative estimate of drug-likeness (QED) is 0.789. The summed E-state index contributed by atoms with van der Waals surface area (Å²) >= 11 is 0. The van der Waals surface area contributed by atoms with Crippen molar-refractivity contribution in [1.29, 1.82) is 0 Å². The lowest BCUT2D eigenvalue weighted by molar-refractivity contribution is -0.120. The van der Waals surface area contributed by atoms with Gasteiger partial charge in [0, 0.05) is 0 Å². The highest BCUT2D eigenvalue weighted by molar-refractivity contribution is 6.56. The fraction of sp³-hybridized carbons (Fsp3) is 0.211. The molecule has 0 spiro atoms. The number of carbonyl (C=O) groups excluding carboxylic acids is 2. The number of anilines is 1. The molecule has 4 rings (SSSR count). The highest BCUT2D eigenvalue weighted by atomic mass is 16.7. The number of aliphatic imine (C=N–C) groups is 1. The van der Waals surface area contributed by atoms with Gasteiger partial charge in [-0.15, -0.1) is 0 Å². The summed E-state index contributed by atoms with van der Waals surface area (Å²) < 4.78 is 15.7. The maximum Gasteiger partial charge on any atom is 0.279 e. The van der Waals surface area contributed by atoms with Gasteiger partial charge in [0.15, 0.2) is 11.5 Å². The molecule has 132 valence electrons. The highest BCUT2D eigenvalue weighted by Gasteiger charge is 2.36. The van der Waals surface area contributed by atoms with Crippen molar-refractivity contribution in [2.45, 2.75) is 13.0 Å². The molecule has 0 N–H and O–H groups in total. The molecule has 7 nitrogen and oxygen atoms in total.